The molecule has 1 aliphatic heterocycles. The van der Waals surface area contributed by atoms with Gasteiger partial charge in [0.25, 0.3) is 10.0 Å². The van der Waals surface area contributed by atoms with Crippen LogP contribution in [0.4, 0.5) is 11.4 Å². The van der Waals surface area contributed by atoms with Crippen molar-refractivity contribution in [2.45, 2.75) is 23.3 Å². The Bertz CT molecular complexity index is 1380. The van der Waals surface area contributed by atoms with E-state index < -0.39 is 10.0 Å². The van der Waals surface area contributed by atoms with Crippen LogP contribution in [-0.4, -0.2) is 28.6 Å². The lowest BCUT2D eigenvalue weighted by Crippen LogP contribution is -2.29. The minimum Gasteiger partial charge on any atom is -0.497 e. The Labute approximate surface area is 204 Å². The molecule has 2 aliphatic rings. The molecule has 8 heteroatoms. The molecule has 0 fully saturated rings. The zero-order chi connectivity index (χ0) is 24.6. The summed E-state index contributed by atoms with van der Waals surface area (Å²) in [6.07, 6.45) is 5.19. The fourth-order valence-electron chi connectivity index (χ4n) is 4.89. The van der Waals surface area contributed by atoms with E-state index in [1.165, 1.54) is 7.11 Å². The summed E-state index contributed by atoms with van der Waals surface area (Å²) in [6, 6.07) is 19.4. The van der Waals surface area contributed by atoms with Crippen LogP contribution < -0.4 is 14.8 Å². The van der Waals surface area contributed by atoms with Gasteiger partial charge in [-0.15, -0.1) is 0 Å². The average Bonchev–Trinajstić information content (AvgIpc) is 3.38. The van der Waals surface area contributed by atoms with Gasteiger partial charge in [0.1, 0.15) is 5.75 Å². The predicted octanol–water partition coefficient (Wildman–Crippen LogP) is 5.11. The van der Waals surface area contributed by atoms with Crippen LogP contribution in [0.5, 0.6) is 5.75 Å². The molecule has 3 aromatic carbocycles. The van der Waals surface area contributed by atoms with E-state index in [4.69, 9.17) is 9.47 Å². The minimum atomic E-state index is -3.76. The summed E-state index contributed by atoms with van der Waals surface area (Å²) in [5.41, 5.74) is 3.91. The van der Waals surface area contributed by atoms with E-state index in [0.717, 1.165) is 23.2 Å². The Kier molecular flexibility index (Phi) is 5.98. The van der Waals surface area contributed by atoms with Crippen LogP contribution in [0.2, 0.25) is 0 Å². The van der Waals surface area contributed by atoms with E-state index in [1.54, 1.807) is 55.6 Å². The van der Waals surface area contributed by atoms with Gasteiger partial charge in [-0.05, 0) is 78.1 Å². The summed E-state index contributed by atoms with van der Waals surface area (Å²) >= 11 is 0. The summed E-state index contributed by atoms with van der Waals surface area (Å²) in [4.78, 5) is 12.0. The van der Waals surface area contributed by atoms with Crippen molar-refractivity contribution >= 4 is 27.4 Å². The van der Waals surface area contributed by atoms with Crippen molar-refractivity contribution in [1.82, 2.24) is 0 Å². The number of ether oxygens (including phenoxy) is 2. The van der Waals surface area contributed by atoms with Gasteiger partial charge in [-0.1, -0.05) is 24.3 Å². The van der Waals surface area contributed by atoms with Gasteiger partial charge >= 0.3 is 5.97 Å². The third kappa shape index (κ3) is 4.37. The number of hydrogen-bond acceptors (Lipinski definition) is 6. The van der Waals surface area contributed by atoms with E-state index in [-0.39, 0.29) is 28.7 Å². The summed E-state index contributed by atoms with van der Waals surface area (Å²) in [7, 11) is -0.834. The molecule has 7 nitrogen and oxygen atoms in total. The molecular weight excluding hydrogens is 464 g/mol. The van der Waals surface area contributed by atoms with Gasteiger partial charge < -0.3 is 14.8 Å². The highest BCUT2D eigenvalue weighted by Crippen LogP contribution is 2.50. The number of nitrogens with one attached hydrogen (secondary N) is 2. The lowest BCUT2D eigenvalue weighted by Gasteiger charge is -2.37. The van der Waals surface area contributed by atoms with Gasteiger partial charge in [0, 0.05) is 17.3 Å². The third-order valence-corrected chi connectivity index (χ3v) is 8.06. The van der Waals surface area contributed by atoms with Crippen LogP contribution in [0.3, 0.4) is 0 Å². The van der Waals surface area contributed by atoms with Crippen LogP contribution in [0.1, 0.15) is 39.9 Å². The van der Waals surface area contributed by atoms with Crippen LogP contribution in [0.25, 0.3) is 0 Å². The molecule has 0 saturated heterocycles. The Hall–Kier alpha value is -3.78. The maximum Gasteiger partial charge on any atom is 0.337 e. The monoisotopic (exact) mass is 490 g/mol. The molecule has 1 heterocycles. The molecule has 3 aromatic rings. The molecule has 180 valence electrons. The molecule has 0 spiro atoms. The number of hydrogen-bond donors (Lipinski definition) is 2. The van der Waals surface area contributed by atoms with Crippen molar-refractivity contribution < 1.29 is 22.7 Å². The number of esters is 1. The normalized spacial score (nSPS) is 20.3. The molecule has 0 radical (unpaired) electrons. The molecule has 2 N–H and O–H groups in total. The van der Waals surface area contributed by atoms with Crippen molar-refractivity contribution in [3.05, 3.63) is 95.6 Å². The highest BCUT2D eigenvalue weighted by atomic mass is 32.2. The molecule has 0 amide bonds. The maximum absolute atomic E-state index is 13.1. The summed E-state index contributed by atoms with van der Waals surface area (Å²) in [5, 5.41) is 3.60. The lowest BCUT2D eigenvalue weighted by atomic mass is 9.77. The fraction of sp³-hybridized carbons (Fsp3) is 0.222. The van der Waals surface area contributed by atoms with Crippen molar-refractivity contribution in [2.75, 3.05) is 24.3 Å². The van der Waals surface area contributed by atoms with Crippen molar-refractivity contribution in [1.29, 1.82) is 0 Å². The van der Waals surface area contributed by atoms with Crippen molar-refractivity contribution in [3.63, 3.8) is 0 Å². The van der Waals surface area contributed by atoms with Gasteiger partial charge in [-0.3, -0.25) is 4.72 Å². The van der Waals surface area contributed by atoms with Gasteiger partial charge in [0.2, 0.25) is 0 Å². The smallest absolute Gasteiger partial charge is 0.337 e. The second kappa shape index (κ2) is 9.11. The van der Waals surface area contributed by atoms with Crippen molar-refractivity contribution in [2.24, 2.45) is 5.92 Å². The molecule has 35 heavy (non-hydrogen) atoms. The standard InChI is InChI=1S/C27H26N2O5S/c1-33-20-12-10-19(11-13-20)29-35(31,32)21-14-15-25-24(16-21)22-4-3-5-23(22)26(28-25)17-6-8-18(9-7-17)27(30)34-2/h3-4,6-16,22-23,26,28-29H,5H2,1-2H3/t22-,23+,26-/m0/s1. The molecule has 1 aliphatic carbocycles. The number of sulfonamides is 1. The molecule has 5 rings (SSSR count). The first-order chi connectivity index (χ1) is 16.9. The average molecular weight is 491 g/mol. The highest BCUT2D eigenvalue weighted by Gasteiger charge is 2.38. The predicted molar refractivity (Wildman–Crippen MR) is 134 cm³/mol. The number of allylic oxidation sites excluding steroid dienone is 2. The van der Waals surface area contributed by atoms with Crippen LogP contribution in [0.15, 0.2) is 83.8 Å². The van der Waals surface area contributed by atoms with Gasteiger partial charge in [-0.25, -0.2) is 13.2 Å². The van der Waals surface area contributed by atoms with E-state index in [2.05, 4.69) is 22.2 Å². The van der Waals surface area contributed by atoms with E-state index in [9.17, 15) is 13.2 Å². The number of carbonyl (C=O) groups excluding carboxylic acids is 1. The summed E-state index contributed by atoms with van der Waals surface area (Å²) in [5.74, 6) is 0.615. The Morgan fingerprint density at radius 1 is 1.00 bits per heavy atom. The van der Waals surface area contributed by atoms with Gasteiger partial charge in [0.05, 0.1) is 30.7 Å². The highest BCUT2D eigenvalue weighted by molar-refractivity contribution is 7.92. The summed E-state index contributed by atoms with van der Waals surface area (Å²) in [6.45, 7) is 0. The molecule has 0 unspecified atom stereocenters. The molecule has 3 atom stereocenters. The number of benzene rings is 3. The molecule has 0 saturated carbocycles. The summed E-state index contributed by atoms with van der Waals surface area (Å²) < 4.78 is 38.8. The number of fused-ring (bicyclic) bond motifs is 3. The minimum absolute atomic E-state index is 0.0362. The first-order valence-corrected chi connectivity index (χ1v) is 12.8. The second-order valence-electron chi connectivity index (χ2n) is 8.67. The van der Waals surface area contributed by atoms with Crippen molar-refractivity contribution in [3.8, 4) is 5.75 Å². The zero-order valence-electron chi connectivity index (χ0n) is 19.4. The Morgan fingerprint density at radius 2 is 1.74 bits per heavy atom. The topological polar surface area (TPSA) is 93.7 Å². The quantitative estimate of drug-likeness (QED) is 0.368. The molecule has 0 bridgehead atoms. The fourth-order valence-corrected chi connectivity index (χ4v) is 5.98. The van der Waals surface area contributed by atoms with Crippen LogP contribution in [0, 0.1) is 5.92 Å². The number of methoxy groups -OCH3 is 2. The number of rotatable bonds is 6. The van der Waals surface area contributed by atoms with E-state index in [1.807, 2.05) is 18.2 Å². The van der Waals surface area contributed by atoms with Gasteiger partial charge in [0.15, 0.2) is 0 Å². The van der Waals surface area contributed by atoms with Crippen LogP contribution >= 0.6 is 0 Å². The second-order valence-corrected chi connectivity index (χ2v) is 10.4. The Balaban J connectivity index is 1.43. The first-order valence-electron chi connectivity index (χ1n) is 11.3. The van der Waals surface area contributed by atoms with E-state index >= 15 is 0 Å². The number of anilines is 2. The Morgan fingerprint density at radius 3 is 2.43 bits per heavy atom. The van der Waals surface area contributed by atoms with Gasteiger partial charge in [-0.2, -0.15) is 0 Å². The zero-order valence-corrected chi connectivity index (χ0v) is 20.2. The maximum atomic E-state index is 13.1. The first kappa shape index (κ1) is 23.0. The van der Waals surface area contributed by atoms with Crippen LogP contribution in [-0.2, 0) is 14.8 Å². The largest absolute Gasteiger partial charge is 0.497 e. The SMILES string of the molecule is COC(=O)c1ccc([C@@H]2Nc3ccc(S(=O)(=O)Nc4ccc(OC)cc4)cc3[C@H]3C=CC[C@H]32)cc1. The molecule has 0 aromatic heterocycles. The van der Waals surface area contributed by atoms with E-state index in [0.29, 0.717) is 17.0 Å². The lowest BCUT2D eigenvalue weighted by molar-refractivity contribution is 0.0600. The molecular formula is C27H26N2O5S. The number of carbonyl (C=O) groups is 1. The third-order valence-electron chi connectivity index (χ3n) is 6.68.